The van der Waals surface area contributed by atoms with Gasteiger partial charge in [0.2, 0.25) is 10.0 Å². The zero-order chi connectivity index (χ0) is 17.9. The molecule has 3 rings (SSSR count). The second kappa shape index (κ2) is 7.60. The van der Waals surface area contributed by atoms with Crippen LogP contribution in [0.15, 0.2) is 23.2 Å². The number of hydrogen-bond donors (Lipinski definition) is 2. The van der Waals surface area contributed by atoms with Crippen LogP contribution in [-0.2, 0) is 10.0 Å². The van der Waals surface area contributed by atoms with E-state index >= 15 is 0 Å². The van der Waals surface area contributed by atoms with Gasteiger partial charge in [0.15, 0.2) is 0 Å². The zero-order valence-electron chi connectivity index (χ0n) is 14.9. The Morgan fingerprint density at radius 1 is 1.24 bits per heavy atom. The van der Waals surface area contributed by atoms with Crippen LogP contribution in [0.4, 0.5) is 5.82 Å². The van der Waals surface area contributed by atoms with Crippen LogP contribution in [0.5, 0.6) is 0 Å². The lowest BCUT2D eigenvalue weighted by Crippen LogP contribution is -2.41. The lowest BCUT2D eigenvalue weighted by atomic mass is 9.73. The number of sulfonamides is 1. The van der Waals surface area contributed by atoms with Gasteiger partial charge in [0.25, 0.3) is 0 Å². The molecule has 1 aliphatic carbocycles. The minimum absolute atomic E-state index is 0.154. The number of hydrogen-bond acceptors (Lipinski definition) is 5. The molecule has 7 heteroatoms. The van der Waals surface area contributed by atoms with E-state index in [1.807, 2.05) is 0 Å². The summed E-state index contributed by atoms with van der Waals surface area (Å²) in [7, 11) is -3.43. The molecule has 2 N–H and O–H groups in total. The highest BCUT2D eigenvalue weighted by molar-refractivity contribution is 7.89. The van der Waals surface area contributed by atoms with Gasteiger partial charge in [-0.1, -0.05) is 26.2 Å². The van der Waals surface area contributed by atoms with E-state index in [1.54, 1.807) is 16.4 Å². The summed E-state index contributed by atoms with van der Waals surface area (Å²) >= 11 is 0. The quantitative estimate of drug-likeness (QED) is 0.836. The molecule has 0 aromatic carbocycles. The predicted octanol–water partition coefficient (Wildman–Crippen LogP) is 2.61. The third-order valence-electron chi connectivity index (χ3n) is 5.64. The molecule has 0 amide bonds. The minimum Gasteiger partial charge on any atom is -0.392 e. The summed E-state index contributed by atoms with van der Waals surface area (Å²) in [4.78, 5) is 4.54. The van der Waals surface area contributed by atoms with Crippen LogP contribution in [0, 0.1) is 5.41 Å². The maximum atomic E-state index is 12.6. The molecule has 0 bridgehead atoms. The van der Waals surface area contributed by atoms with Crippen LogP contribution in [-0.4, -0.2) is 48.6 Å². The number of piperidine rings is 1. The molecule has 1 aromatic heterocycles. The van der Waals surface area contributed by atoms with Crippen molar-refractivity contribution in [1.82, 2.24) is 9.29 Å². The highest BCUT2D eigenvalue weighted by Gasteiger charge is 2.35. The first-order valence-electron chi connectivity index (χ1n) is 9.30. The van der Waals surface area contributed by atoms with E-state index in [2.05, 4.69) is 17.2 Å². The van der Waals surface area contributed by atoms with Crippen molar-refractivity contribution in [3.05, 3.63) is 18.3 Å². The Morgan fingerprint density at radius 3 is 2.64 bits per heavy atom. The molecular formula is C18H29N3O3S. The second-order valence-corrected chi connectivity index (χ2v) is 9.55. The molecule has 1 aliphatic heterocycles. The largest absolute Gasteiger partial charge is 0.392 e. The molecule has 1 aromatic rings. The summed E-state index contributed by atoms with van der Waals surface area (Å²) in [5.41, 5.74) is -0.154. The second-order valence-electron chi connectivity index (χ2n) is 7.61. The van der Waals surface area contributed by atoms with Gasteiger partial charge in [-0.2, -0.15) is 4.31 Å². The number of aliphatic hydroxyl groups excluding tert-OH is 1. The minimum atomic E-state index is -3.43. The Labute approximate surface area is 150 Å². The van der Waals surface area contributed by atoms with Gasteiger partial charge in [0.05, 0.1) is 6.10 Å². The van der Waals surface area contributed by atoms with E-state index in [4.69, 9.17) is 0 Å². The fraction of sp³-hybridized carbons (Fsp3) is 0.722. The van der Waals surface area contributed by atoms with E-state index in [-0.39, 0.29) is 16.4 Å². The maximum absolute atomic E-state index is 12.6. The fourth-order valence-electron chi connectivity index (χ4n) is 3.77. The number of anilines is 1. The highest BCUT2D eigenvalue weighted by atomic mass is 32.2. The highest BCUT2D eigenvalue weighted by Crippen LogP contribution is 2.36. The molecule has 140 valence electrons. The van der Waals surface area contributed by atoms with E-state index < -0.39 is 10.0 Å². The average Bonchev–Trinajstić information content (AvgIpc) is 2.64. The number of aliphatic hydroxyl groups is 1. The molecule has 2 fully saturated rings. The fourth-order valence-corrected chi connectivity index (χ4v) is 5.24. The zero-order valence-corrected chi connectivity index (χ0v) is 15.8. The topological polar surface area (TPSA) is 82.5 Å². The molecule has 2 aliphatic rings. The third kappa shape index (κ3) is 4.15. The van der Waals surface area contributed by atoms with Crippen molar-refractivity contribution in [2.75, 3.05) is 25.0 Å². The van der Waals surface area contributed by atoms with Crippen molar-refractivity contribution in [1.29, 1.82) is 0 Å². The molecule has 2 heterocycles. The summed E-state index contributed by atoms with van der Waals surface area (Å²) in [5, 5.41) is 13.5. The van der Waals surface area contributed by atoms with Gasteiger partial charge in [-0.05, 0) is 37.8 Å². The molecule has 2 atom stereocenters. The molecule has 0 spiro atoms. The molecule has 1 saturated carbocycles. The number of nitrogens with zero attached hydrogens (tertiary/aromatic N) is 2. The smallest absolute Gasteiger partial charge is 0.244 e. The van der Waals surface area contributed by atoms with Gasteiger partial charge >= 0.3 is 0 Å². The lowest BCUT2D eigenvalue weighted by molar-refractivity contribution is 0.00958. The van der Waals surface area contributed by atoms with Crippen molar-refractivity contribution in [2.24, 2.45) is 5.41 Å². The van der Waals surface area contributed by atoms with Crippen LogP contribution in [0.2, 0.25) is 0 Å². The van der Waals surface area contributed by atoms with Crippen molar-refractivity contribution in [3.63, 3.8) is 0 Å². The molecule has 1 saturated heterocycles. The Balaban J connectivity index is 1.64. The molecule has 2 unspecified atom stereocenters. The summed E-state index contributed by atoms with van der Waals surface area (Å²) in [6.07, 6.45) is 8.13. The van der Waals surface area contributed by atoms with Gasteiger partial charge in [0, 0.05) is 31.2 Å². The maximum Gasteiger partial charge on any atom is 0.244 e. The monoisotopic (exact) mass is 367 g/mol. The normalized spacial score (nSPS) is 28.6. The van der Waals surface area contributed by atoms with Crippen molar-refractivity contribution in [2.45, 2.75) is 62.9 Å². The van der Waals surface area contributed by atoms with Crippen LogP contribution in [0.25, 0.3) is 0 Å². The Morgan fingerprint density at radius 2 is 2.00 bits per heavy atom. The molecule has 0 radical (unpaired) electrons. The molecule has 25 heavy (non-hydrogen) atoms. The Bertz CT molecular complexity index is 671. The number of pyridine rings is 1. The summed E-state index contributed by atoms with van der Waals surface area (Å²) < 4.78 is 26.8. The average molecular weight is 368 g/mol. The summed E-state index contributed by atoms with van der Waals surface area (Å²) in [6.45, 7) is 3.93. The Hall–Kier alpha value is -1.18. The third-order valence-corrected chi connectivity index (χ3v) is 7.52. The lowest BCUT2D eigenvalue weighted by Gasteiger charge is -2.38. The molecular weight excluding hydrogens is 338 g/mol. The number of rotatable bonds is 5. The Kier molecular flexibility index (Phi) is 5.65. The first-order chi connectivity index (χ1) is 11.9. The van der Waals surface area contributed by atoms with Crippen molar-refractivity contribution < 1.29 is 13.5 Å². The summed E-state index contributed by atoms with van der Waals surface area (Å²) in [5.74, 6) is 0.650. The van der Waals surface area contributed by atoms with Crippen LogP contribution >= 0.6 is 0 Å². The van der Waals surface area contributed by atoms with E-state index in [0.717, 1.165) is 44.9 Å². The van der Waals surface area contributed by atoms with Gasteiger partial charge in [-0.15, -0.1) is 0 Å². The number of nitrogens with one attached hydrogen (secondary N) is 1. The van der Waals surface area contributed by atoms with Gasteiger partial charge < -0.3 is 10.4 Å². The van der Waals surface area contributed by atoms with Crippen LogP contribution in [0.3, 0.4) is 0 Å². The van der Waals surface area contributed by atoms with Gasteiger partial charge in [0.1, 0.15) is 10.7 Å². The first-order valence-corrected chi connectivity index (χ1v) is 10.7. The van der Waals surface area contributed by atoms with E-state index in [0.29, 0.717) is 25.5 Å². The summed E-state index contributed by atoms with van der Waals surface area (Å²) in [6, 6.07) is 3.34. The SMILES string of the molecule is CC1(CNc2ccc(S(=O)(=O)N3CCCCC3)cn2)CCCCC1O. The molecule has 6 nitrogen and oxygen atoms in total. The van der Waals surface area contributed by atoms with Crippen LogP contribution < -0.4 is 5.32 Å². The first kappa shape index (κ1) is 18.6. The number of aromatic nitrogens is 1. The van der Waals surface area contributed by atoms with Crippen molar-refractivity contribution in [3.8, 4) is 0 Å². The van der Waals surface area contributed by atoms with Gasteiger partial charge in [-0.25, -0.2) is 13.4 Å². The van der Waals surface area contributed by atoms with Crippen molar-refractivity contribution >= 4 is 15.8 Å². The van der Waals surface area contributed by atoms with Crippen LogP contribution in [0.1, 0.15) is 51.9 Å². The van der Waals surface area contributed by atoms with E-state index in [9.17, 15) is 13.5 Å². The van der Waals surface area contributed by atoms with E-state index in [1.165, 1.54) is 6.20 Å². The van der Waals surface area contributed by atoms with Gasteiger partial charge in [-0.3, -0.25) is 0 Å². The standard InChI is InChI=1S/C18H29N3O3S/c1-18(10-4-3-7-16(18)22)14-20-17-9-8-15(13-19-17)25(23,24)21-11-5-2-6-12-21/h8-9,13,16,22H,2-7,10-12,14H2,1H3,(H,19,20). The predicted molar refractivity (Wildman–Crippen MR) is 97.9 cm³/mol.